The molecule has 2 heterocycles. The van der Waals surface area contributed by atoms with Crippen LogP contribution >= 0.6 is 27.5 Å². The van der Waals surface area contributed by atoms with Gasteiger partial charge in [-0.15, -0.1) is 0 Å². The maximum Gasteiger partial charge on any atom is 0.0464 e. The summed E-state index contributed by atoms with van der Waals surface area (Å²) >= 11 is 9.93. The number of nitrogens with zero attached hydrogens (tertiary/aromatic N) is 1. The first kappa shape index (κ1) is 14.8. The zero-order valence-corrected chi connectivity index (χ0v) is 14.4. The SMILES string of the molecule is CCC1C2CNCC2CN1C(C)c1ccc(Br)cc1Cl. The van der Waals surface area contributed by atoms with Crippen LogP contribution in [0, 0.1) is 11.8 Å². The highest BCUT2D eigenvalue weighted by Crippen LogP contribution is 2.41. The second-order valence-corrected chi connectivity index (χ2v) is 7.42. The fourth-order valence-corrected chi connectivity index (χ4v) is 4.89. The Morgan fingerprint density at radius 3 is 2.95 bits per heavy atom. The molecule has 0 aromatic heterocycles. The molecule has 2 fully saturated rings. The van der Waals surface area contributed by atoms with E-state index in [1.807, 2.05) is 6.07 Å². The van der Waals surface area contributed by atoms with Gasteiger partial charge in [0.05, 0.1) is 0 Å². The van der Waals surface area contributed by atoms with Crippen molar-refractivity contribution in [1.29, 1.82) is 0 Å². The highest BCUT2D eigenvalue weighted by Gasteiger charge is 2.44. The molecular weight excluding hydrogens is 336 g/mol. The van der Waals surface area contributed by atoms with Gasteiger partial charge in [-0.05, 0) is 56.0 Å². The Labute approximate surface area is 135 Å². The molecule has 1 N–H and O–H groups in total. The quantitative estimate of drug-likeness (QED) is 0.876. The Bertz CT molecular complexity index is 493. The average Bonchev–Trinajstić information content (AvgIpc) is 2.97. The van der Waals surface area contributed by atoms with Crippen molar-refractivity contribution in [2.75, 3.05) is 19.6 Å². The van der Waals surface area contributed by atoms with Gasteiger partial charge in [0.1, 0.15) is 0 Å². The molecule has 3 rings (SSSR count). The molecule has 4 heteroatoms. The van der Waals surface area contributed by atoms with E-state index < -0.39 is 0 Å². The Hall–Kier alpha value is -0.0900. The molecule has 4 atom stereocenters. The minimum atomic E-state index is 0.395. The second kappa shape index (κ2) is 5.96. The van der Waals surface area contributed by atoms with Crippen LogP contribution in [0.1, 0.15) is 31.9 Å². The van der Waals surface area contributed by atoms with Crippen molar-refractivity contribution in [3.63, 3.8) is 0 Å². The predicted molar refractivity (Wildman–Crippen MR) is 88.2 cm³/mol. The highest BCUT2D eigenvalue weighted by molar-refractivity contribution is 9.10. The lowest BCUT2D eigenvalue weighted by Gasteiger charge is -2.33. The average molecular weight is 358 g/mol. The van der Waals surface area contributed by atoms with Crippen LogP contribution in [0.4, 0.5) is 0 Å². The number of rotatable bonds is 3. The van der Waals surface area contributed by atoms with Crippen molar-refractivity contribution >= 4 is 27.5 Å². The summed E-state index contributed by atoms with van der Waals surface area (Å²) in [6, 6.07) is 7.34. The third kappa shape index (κ3) is 2.54. The summed E-state index contributed by atoms with van der Waals surface area (Å²) in [5.74, 6) is 1.63. The lowest BCUT2D eigenvalue weighted by atomic mass is 9.92. The summed E-state index contributed by atoms with van der Waals surface area (Å²) in [5, 5.41) is 4.42. The van der Waals surface area contributed by atoms with Gasteiger partial charge in [0, 0.05) is 28.1 Å². The van der Waals surface area contributed by atoms with Gasteiger partial charge in [-0.2, -0.15) is 0 Å². The number of fused-ring (bicyclic) bond motifs is 1. The van der Waals surface area contributed by atoms with E-state index in [2.05, 4.69) is 52.1 Å². The minimum absolute atomic E-state index is 0.395. The van der Waals surface area contributed by atoms with Crippen LogP contribution in [0.2, 0.25) is 5.02 Å². The third-order valence-corrected chi connectivity index (χ3v) is 5.91. The molecule has 0 amide bonds. The number of hydrogen-bond acceptors (Lipinski definition) is 2. The van der Waals surface area contributed by atoms with Gasteiger partial charge in [-0.3, -0.25) is 4.90 Å². The smallest absolute Gasteiger partial charge is 0.0464 e. The largest absolute Gasteiger partial charge is 0.316 e. The molecule has 0 bridgehead atoms. The molecule has 110 valence electrons. The van der Waals surface area contributed by atoms with Gasteiger partial charge in [-0.1, -0.05) is 40.5 Å². The maximum absolute atomic E-state index is 6.45. The number of benzene rings is 1. The molecule has 1 aromatic carbocycles. The second-order valence-electron chi connectivity index (χ2n) is 6.10. The topological polar surface area (TPSA) is 15.3 Å². The van der Waals surface area contributed by atoms with Crippen molar-refractivity contribution in [1.82, 2.24) is 10.2 Å². The van der Waals surface area contributed by atoms with Gasteiger partial charge in [0.25, 0.3) is 0 Å². The van der Waals surface area contributed by atoms with Crippen molar-refractivity contribution in [2.45, 2.75) is 32.4 Å². The summed E-state index contributed by atoms with van der Waals surface area (Å²) in [4.78, 5) is 2.67. The molecule has 2 aliphatic rings. The number of nitrogens with one attached hydrogen (secondary N) is 1. The van der Waals surface area contributed by atoms with Crippen LogP contribution in [0.25, 0.3) is 0 Å². The van der Waals surface area contributed by atoms with Crippen LogP contribution in [0.15, 0.2) is 22.7 Å². The van der Waals surface area contributed by atoms with Crippen LogP contribution < -0.4 is 5.32 Å². The maximum atomic E-state index is 6.45. The Morgan fingerprint density at radius 1 is 1.45 bits per heavy atom. The van der Waals surface area contributed by atoms with Gasteiger partial charge in [0.15, 0.2) is 0 Å². The van der Waals surface area contributed by atoms with Crippen molar-refractivity contribution < 1.29 is 0 Å². The predicted octanol–water partition coefficient (Wildman–Crippen LogP) is 4.09. The summed E-state index contributed by atoms with van der Waals surface area (Å²) in [6.07, 6.45) is 1.22. The van der Waals surface area contributed by atoms with Gasteiger partial charge in [0.2, 0.25) is 0 Å². The van der Waals surface area contributed by atoms with E-state index in [0.717, 1.165) is 21.3 Å². The van der Waals surface area contributed by atoms with Crippen LogP contribution in [0.5, 0.6) is 0 Å². The van der Waals surface area contributed by atoms with E-state index in [-0.39, 0.29) is 0 Å². The first-order valence-corrected chi connectivity index (χ1v) is 8.70. The third-order valence-electron chi connectivity index (χ3n) is 5.09. The first-order chi connectivity index (χ1) is 9.61. The highest BCUT2D eigenvalue weighted by atomic mass is 79.9. The molecule has 0 radical (unpaired) electrons. The Morgan fingerprint density at radius 2 is 2.25 bits per heavy atom. The van der Waals surface area contributed by atoms with Gasteiger partial charge < -0.3 is 5.32 Å². The molecule has 20 heavy (non-hydrogen) atoms. The van der Waals surface area contributed by atoms with Crippen LogP contribution in [-0.4, -0.2) is 30.6 Å². The van der Waals surface area contributed by atoms with E-state index in [1.165, 1.54) is 31.6 Å². The molecule has 2 nitrogen and oxygen atoms in total. The van der Waals surface area contributed by atoms with Gasteiger partial charge >= 0.3 is 0 Å². The normalized spacial score (nSPS) is 31.5. The van der Waals surface area contributed by atoms with E-state index in [4.69, 9.17) is 11.6 Å². The van der Waals surface area contributed by atoms with E-state index in [1.54, 1.807) is 0 Å². The molecular formula is C16H22BrClN2. The lowest BCUT2D eigenvalue weighted by Crippen LogP contribution is -2.37. The molecule has 0 aliphatic carbocycles. The Balaban J connectivity index is 1.84. The monoisotopic (exact) mass is 356 g/mol. The molecule has 4 unspecified atom stereocenters. The Kier molecular flexibility index (Phi) is 4.42. The molecule has 2 aliphatic heterocycles. The standard InChI is InChI=1S/C16H22BrClN2/c1-3-16-14-8-19-7-11(14)9-20(16)10(2)13-5-4-12(17)6-15(13)18/h4-6,10-11,14,16,19H,3,7-9H2,1-2H3. The summed E-state index contributed by atoms with van der Waals surface area (Å²) in [6.45, 7) is 8.17. The zero-order valence-electron chi connectivity index (χ0n) is 12.1. The number of hydrogen-bond donors (Lipinski definition) is 1. The van der Waals surface area contributed by atoms with E-state index >= 15 is 0 Å². The molecule has 0 saturated carbocycles. The fourth-order valence-electron chi connectivity index (χ4n) is 4.06. The molecule has 0 spiro atoms. The summed E-state index contributed by atoms with van der Waals surface area (Å²) in [5.41, 5.74) is 1.25. The molecule has 1 aromatic rings. The lowest BCUT2D eigenvalue weighted by molar-refractivity contribution is 0.165. The van der Waals surface area contributed by atoms with Crippen LogP contribution in [-0.2, 0) is 0 Å². The van der Waals surface area contributed by atoms with Crippen molar-refractivity contribution in [3.8, 4) is 0 Å². The zero-order chi connectivity index (χ0) is 14.3. The minimum Gasteiger partial charge on any atom is -0.316 e. The molecule has 2 saturated heterocycles. The van der Waals surface area contributed by atoms with Crippen molar-refractivity contribution in [2.24, 2.45) is 11.8 Å². The summed E-state index contributed by atoms with van der Waals surface area (Å²) < 4.78 is 1.05. The first-order valence-electron chi connectivity index (χ1n) is 7.53. The fraction of sp³-hybridized carbons (Fsp3) is 0.625. The van der Waals surface area contributed by atoms with E-state index in [9.17, 15) is 0 Å². The number of halogens is 2. The van der Waals surface area contributed by atoms with Crippen LogP contribution in [0.3, 0.4) is 0 Å². The number of likely N-dealkylation sites (tertiary alicyclic amines) is 1. The van der Waals surface area contributed by atoms with Crippen molar-refractivity contribution in [3.05, 3.63) is 33.3 Å². The van der Waals surface area contributed by atoms with Gasteiger partial charge in [-0.25, -0.2) is 0 Å². The van der Waals surface area contributed by atoms with E-state index in [0.29, 0.717) is 12.1 Å². The summed E-state index contributed by atoms with van der Waals surface area (Å²) in [7, 11) is 0.